The summed E-state index contributed by atoms with van der Waals surface area (Å²) < 4.78 is 11.1. The standard InChI is InChI=1S/C23H18O7/c1-3-4-11-5-12(6-21(29-2)23(11)28)22-13-7-15(24)17(26)9-19(13)30-20-10-18(27)16(25)8-14(20)22/h3,5-10,24-26,28H,1,4H2,2H3. The Hall–Kier alpha value is -4.13. The van der Waals surface area contributed by atoms with E-state index >= 15 is 0 Å². The highest BCUT2D eigenvalue weighted by Crippen LogP contribution is 2.46. The summed E-state index contributed by atoms with van der Waals surface area (Å²) in [6, 6.07) is 8.33. The zero-order valence-corrected chi connectivity index (χ0v) is 16.0. The summed E-state index contributed by atoms with van der Waals surface area (Å²) in [6.45, 7) is 3.70. The second kappa shape index (κ2) is 7.04. The Morgan fingerprint density at radius 1 is 1.00 bits per heavy atom. The molecule has 0 fully saturated rings. The largest absolute Gasteiger partial charge is 0.504 e. The van der Waals surface area contributed by atoms with Crippen LogP contribution in [0.25, 0.3) is 33.4 Å². The number of rotatable bonds is 4. The number of benzene rings is 3. The number of fused-ring (bicyclic) bond motifs is 2. The SMILES string of the molecule is C=CCc1cc(-c2c3cc(O)c(=O)cc-3oc3cc(O)c(O)cc23)cc(OC)c1O. The molecule has 1 aliphatic carbocycles. The van der Waals surface area contributed by atoms with Crippen molar-refractivity contribution in [1.29, 1.82) is 0 Å². The molecular formula is C23H18O7. The van der Waals surface area contributed by atoms with E-state index in [0.717, 1.165) is 6.07 Å². The average Bonchev–Trinajstić information content (AvgIpc) is 2.71. The van der Waals surface area contributed by atoms with Crippen LogP contribution in [0.5, 0.6) is 28.7 Å². The summed E-state index contributed by atoms with van der Waals surface area (Å²) in [4.78, 5) is 12.0. The molecule has 0 amide bonds. The maximum Gasteiger partial charge on any atom is 0.223 e. The molecule has 7 heteroatoms. The molecule has 2 aromatic rings. The molecule has 0 saturated carbocycles. The van der Waals surface area contributed by atoms with Crippen LogP contribution in [0.4, 0.5) is 0 Å². The first-order chi connectivity index (χ1) is 14.3. The van der Waals surface area contributed by atoms with E-state index in [1.54, 1.807) is 18.2 Å². The van der Waals surface area contributed by atoms with E-state index in [-0.39, 0.29) is 34.3 Å². The first-order valence-corrected chi connectivity index (χ1v) is 9.00. The van der Waals surface area contributed by atoms with E-state index in [0.29, 0.717) is 34.1 Å². The van der Waals surface area contributed by atoms with Crippen molar-refractivity contribution in [3.63, 3.8) is 0 Å². The van der Waals surface area contributed by atoms with Crippen molar-refractivity contribution in [3.05, 3.63) is 64.8 Å². The van der Waals surface area contributed by atoms with Crippen LogP contribution in [-0.2, 0) is 6.42 Å². The molecule has 1 heterocycles. The molecule has 0 spiro atoms. The molecule has 0 aromatic heterocycles. The molecule has 0 saturated heterocycles. The van der Waals surface area contributed by atoms with Crippen LogP contribution in [0.2, 0.25) is 0 Å². The summed E-state index contributed by atoms with van der Waals surface area (Å²) >= 11 is 0. The lowest BCUT2D eigenvalue weighted by Crippen LogP contribution is -2.02. The van der Waals surface area contributed by atoms with Crippen molar-refractivity contribution < 1.29 is 29.6 Å². The van der Waals surface area contributed by atoms with Gasteiger partial charge in [0.2, 0.25) is 5.43 Å². The van der Waals surface area contributed by atoms with Gasteiger partial charge in [0.05, 0.1) is 7.11 Å². The molecular weight excluding hydrogens is 388 g/mol. The predicted octanol–water partition coefficient (Wildman–Crippen LogP) is 4.12. The third kappa shape index (κ3) is 2.97. The van der Waals surface area contributed by atoms with Crippen LogP contribution in [0.1, 0.15) is 5.56 Å². The van der Waals surface area contributed by atoms with Crippen LogP contribution in [0.15, 0.2) is 58.3 Å². The van der Waals surface area contributed by atoms with E-state index in [9.17, 15) is 25.2 Å². The van der Waals surface area contributed by atoms with Gasteiger partial charge in [-0.1, -0.05) is 6.08 Å². The lowest BCUT2D eigenvalue weighted by molar-refractivity contribution is 0.371. The lowest BCUT2D eigenvalue weighted by Gasteiger charge is -2.18. The first kappa shape index (κ1) is 19.2. The topological polar surface area (TPSA) is 120 Å². The fourth-order valence-electron chi connectivity index (χ4n) is 3.52. The van der Waals surface area contributed by atoms with Crippen molar-refractivity contribution in [2.45, 2.75) is 6.42 Å². The van der Waals surface area contributed by atoms with Gasteiger partial charge in [0, 0.05) is 34.2 Å². The van der Waals surface area contributed by atoms with E-state index in [2.05, 4.69) is 6.58 Å². The number of phenols is 4. The third-order valence-electron chi connectivity index (χ3n) is 4.92. The number of ether oxygens (including phenoxy) is 1. The normalized spacial score (nSPS) is 11.1. The molecule has 4 rings (SSSR count). The number of methoxy groups -OCH3 is 1. The predicted molar refractivity (Wildman–Crippen MR) is 112 cm³/mol. The van der Waals surface area contributed by atoms with Gasteiger partial charge in [-0.25, -0.2) is 0 Å². The van der Waals surface area contributed by atoms with E-state index < -0.39 is 11.2 Å². The van der Waals surface area contributed by atoms with Gasteiger partial charge in [-0.05, 0) is 36.2 Å². The smallest absolute Gasteiger partial charge is 0.223 e. The Labute approximate surface area is 170 Å². The van der Waals surface area contributed by atoms with Crippen LogP contribution < -0.4 is 10.2 Å². The van der Waals surface area contributed by atoms with Crippen LogP contribution in [0.3, 0.4) is 0 Å². The Morgan fingerprint density at radius 2 is 1.73 bits per heavy atom. The zero-order chi connectivity index (χ0) is 21.6. The monoisotopic (exact) mass is 406 g/mol. The van der Waals surface area contributed by atoms with Crippen molar-refractivity contribution in [1.82, 2.24) is 0 Å². The first-order valence-electron chi connectivity index (χ1n) is 9.00. The Morgan fingerprint density at radius 3 is 2.43 bits per heavy atom. The van der Waals surface area contributed by atoms with Gasteiger partial charge < -0.3 is 29.6 Å². The van der Waals surface area contributed by atoms with Crippen molar-refractivity contribution in [2.75, 3.05) is 7.11 Å². The maximum atomic E-state index is 12.0. The highest BCUT2D eigenvalue weighted by Gasteiger charge is 2.22. The summed E-state index contributed by atoms with van der Waals surface area (Å²) in [5.41, 5.74) is 1.65. The summed E-state index contributed by atoms with van der Waals surface area (Å²) in [7, 11) is 1.42. The summed E-state index contributed by atoms with van der Waals surface area (Å²) in [5.74, 6) is -0.825. The molecule has 0 radical (unpaired) electrons. The van der Waals surface area contributed by atoms with Gasteiger partial charge in [-0.2, -0.15) is 0 Å². The minimum Gasteiger partial charge on any atom is -0.504 e. The summed E-state index contributed by atoms with van der Waals surface area (Å²) in [6.07, 6.45) is 2.00. The third-order valence-corrected chi connectivity index (χ3v) is 4.92. The fraction of sp³-hybridized carbons (Fsp3) is 0.0870. The number of allylic oxidation sites excluding steroid dienone is 1. The van der Waals surface area contributed by atoms with E-state index in [1.807, 2.05) is 0 Å². The molecule has 2 aromatic carbocycles. The molecule has 2 aliphatic rings. The maximum absolute atomic E-state index is 12.0. The van der Waals surface area contributed by atoms with Gasteiger partial charge in [0.1, 0.15) is 11.3 Å². The van der Waals surface area contributed by atoms with Gasteiger partial charge in [0.15, 0.2) is 28.7 Å². The Balaban J connectivity index is 2.19. The zero-order valence-electron chi connectivity index (χ0n) is 16.0. The Bertz CT molecular complexity index is 1330. The molecule has 0 unspecified atom stereocenters. The quantitative estimate of drug-likeness (QED) is 0.228. The Kier molecular flexibility index (Phi) is 4.50. The van der Waals surface area contributed by atoms with Crippen molar-refractivity contribution in [2.24, 2.45) is 0 Å². The molecule has 1 aliphatic heterocycles. The van der Waals surface area contributed by atoms with E-state index in [4.69, 9.17) is 9.15 Å². The lowest BCUT2D eigenvalue weighted by atomic mass is 9.91. The van der Waals surface area contributed by atoms with Crippen molar-refractivity contribution in [3.8, 4) is 51.2 Å². The van der Waals surface area contributed by atoms with E-state index in [1.165, 1.54) is 25.3 Å². The molecule has 0 bridgehead atoms. The molecule has 4 N–H and O–H groups in total. The minimum atomic E-state index is -0.616. The average molecular weight is 406 g/mol. The summed E-state index contributed by atoms with van der Waals surface area (Å²) in [5, 5.41) is 40.9. The molecule has 30 heavy (non-hydrogen) atoms. The minimum absolute atomic E-state index is 0.0273. The highest BCUT2D eigenvalue weighted by atomic mass is 16.5. The number of phenolic OH excluding ortho intramolecular Hbond substituents is 4. The van der Waals surface area contributed by atoms with Gasteiger partial charge in [0.25, 0.3) is 0 Å². The van der Waals surface area contributed by atoms with Gasteiger partial charge in [-0.15, -0.1) is 6.58 Å². The van der Waals surface area contributed by atoms with Gasteiger partial charge in [-0.3, -0.25) is 4.79 Å². The van der Waals surface area contributed by atoms with Crippen LogP contribution in [0, 0.1) is 0 Å². The number of hydrogen-bond acceptors (Lipinski definition) is 7. The number of hydrogen-bond donors (Lipinski definition) is 4. The molecule has 152 valence electrons. The highest BCUT2D eigenvalue weighted by molar-refractivity contribution is 6.03. The molecule has 0 atom stereocenters. The number of aromatic hydroxyl groups is 4. The second-order valence-electron chi connectivity index (χ2n) is 6.81. The van der Waals surface area contributed by atoms with Crippen LogP contribution >= 0.6 is 0 Å². The van der Waals surface area contributed by atoms with Crippen LogP contribution in [-0.4, -0.2) is 27.5 Å². The fourth-order valence-corrected chi connectivity index (χ4v) is 3.52. The van der Waals surface area contributed by atoms with Crippen molar-refractivity contribution >= 4 is 11.0 Å². The second-order valence-corrected chi connectivity index (χ2v) is 6.81. The molecule has 7 nitrogen and oxygen atoms in total. The van der Waals surface area contributed by atoms with Gasteiger partial charge >= 0.3 is 0 Å².